The highest BCUT2D eigenvalue weighted by molar-refractivity contribution is 6.01. The first kappa shape index (κ1) is 9.50. The fraction of sp³-hybridized carbons (Fsp3) is 0.571. The zero-order valence-corrected chi connectivity index (χ0v) is 7.44. The van der Waals surface area contributed by atoms with Crippen LogP contribution in [0.25, 0.3) is 0 Å². The van der Waals surface area contributed by atoms with Gasteiger partial charge in [0.05, 0.1) is 0 Å². The summed E-state index contributed by atoms with van der Waals surface area (Å²) in [5, 5.41) is 0.516. The molecule has 72 valence electrons. The molecule has 1 heterocycles. The SMILES string of the molecule is CN(C)C(=O)ON1C(=O)CCC1=O. The monoisotopic (exact) mass is 186 g/mol. The molecule has 0 aliphatic carbocycles. The predicted octanol–water partition coefficient (Wildman–Crippen LogP) is -0.251. The highest BCUT2D eigenvalue weighted by Crippen LogP contribution is 2.12. The molecule has 0 saturated carbocycles. The number of carbonyl (C=O) groups excluding carboxylic acids is 3. The Morgan fingerprint density at radius 1 is 1.31 bits per heavy atom. The van der Waals surface area contributed by atoms with Crippen LogP contribution in [0.3, 0.4) is 0 Å². The van der Waals surface area contributed by atoms with Crippen LogP contribution in [0.4, 0.5) is 4.79 Å². The number of amides is 3. The smallest absolute Gasteiger partial charge is 0.312 e. The third-order valence-electron chi connectivity index (χ3n) is 1.54. The standard InChI is InChI=1S/C7H10N2O4/c1-8(2)7(12)13-9-5(10)3-4-6(9)11/h3-4H2,1-2H3. The van der Waals surface area contributed by atoms with Crippen LogP contribution in [0, 0.1) is 0 Å². The van der Waals surface area contributed by atoms with Gasteiger partial charge < -0.3 is 9.74 Å². The Bertz CT molecular complexity index is 245. The average Bonchev–Trinajstić information content (AvgIpc) is 2.35. The van der Waals surface area contributed by atoms with Gasteiger partial charge in [0, 0.05) is 26.9 Å². The maximum Gasteiger partial charge on any atom is 0.434 e. The van der Waals surface area contributed by atoms with Crippen molar-refractivity contribution >= 4 is 17.9 Å². The Balaban J connectivity index is 2.58. The lowest BCUT2D eigenvalue weighted by Crippen LogP contribution is -2.36. The van der Waals surface area contributed by atoms with E-state index in [1.165, 1.54) is 14.1 Å². The molecule has 1 fully saturated rings. The zero-order valence-electron chi connectivity index (χ0n) is 7.44. The fourth-order valence-corrected chi connectivity index (χ4v) is 0.818. The van der Waals surface area contributed by atoms with Crippen molar-refractivity contribution in [1.82, 2.24) is 9.96 Å². The molecule has 3 amide bonds. The van der Waals surface area contributed by atoms with Crippen LogP contribution in [0.15, 0.2) is 0 Å². The summed E-state index contributed by atoms with van der Waals surface area (Å²) in [7, 11) is 2.93. The molecule has 0 aromatic carbocycles. The number of hydrogen-bond acceptors (Lipinski definition) is 4. The van der Waals surface area contributed by atoms with E-state index >= 15 is 0 Å². The molecule has 0 unspecified atom stereocenters. The summed E-state index contributed by atoms with van der Waals surface area (Å²) in [6, 6.07) is 0. The first-order valence-corrected chi connectivity index (χ1v) is 3.77. The van der Waals surface area contributed by atoms with Gasteiger partial charge in [0.15, 0.2) is 0 Å². The summed E-state index contributed by atoms with van der Waals surface area (Å²) in [4.78, 5) is 38.5. The zero-order chi connectivity index (χ0) is 10.0. The molecule has 6 nitrogen and oxygen atoms in total. The van der Waals surface area contributed by atoms with E-state index in [2.05, 4.69) is 4.84 Å². The van der Waals surface area contributed by atoms with E-state index in [1.54, 1.807) is 0 Å². The molecule has 1 saturated heterocycles. The molecule has 0 bridgehead atoms. The molecule has 13 heavy (non-hydrogen) atoms. The van der Waals surface area contributed by atoms with Crippen molar-refractivity contribution in [1.29, 1.82) is 0 Å². The highest BCUT2D eigenvalue weighted by Gasteiger charge is 2.33. The van der Waals surface area contributed by atoms with E-state index in [-0.39, 0.29) is 12.8 Å². The predicted molar refractivity (Wildman–Crippen MR) is 41.3 cm³/mol. The van der Waals surface area contributed by atoms with Crippen molar-refractivity contribution in [2.45, 2.75) is 12.8 Å². The third kappa shape index (κ3) is 1.95. The highest BCUT2D eigenvalue weighted by atomic mass is 16.7. The second kappa shape index (κ2) is 3.42. The third-order valence-corrected chi connectivity index (χ3v) is 1.54. The number of hydrogen-bond donors (Lipinski definition) is 0. The van der Waals surface area contributed by atoms with Crippen molar-refractivity contribution in [3.8, 4) is 0 Å². The Morgan fingerprint density at radius 3 is 2.15 bits per heavy atom. The van der Waals surface area contributed by atoms with Crippen LogP contribution < -0.4 is 0 Å². The summed E-state index contributed by atoms with van der Waals surface area (Å²) in [5.74, 6) is -0.944. The van der Waals surface area contributed by atoms with Gasteiger partial charge in [-0.15, -0.1) is 5.06 Å². The van der Waals surface area contributed by atoms with Gasteiger partial charge in [0.2, 0.25) is 0 Å². The molecule has 1 aliphatic heterocycles. The normalized spacial score (nSPS) is 16.3. The molecular formula is C7H10N2O4. The van der Waals surface area contributed by atoms with Gasteiger partial charge in [-0.1, -0.05) is 0 Å². The number of carbonyl (C=O) groups is 3. The molecule has 0 N–H and O–H groups in total. The van der Waals surface area contributed by atoms with Gasteiger partial charge in [-0.2, -0.15) is 0 Å². The molecule has 1 rings (SSSR count). The molecule has 0 atom stereocenters. The molecule has 0 radical (unpaired) electrons. The lowest BCUT2D eigenvalue weighted by Gasteiger charge is -2.15. The fourth-order valence-electron chi connectivity index (χ4n) is 0.818. The second-order valence-corrected chi connectivity index (χ2v) is 2.83. The van der Waals surface area contributed by atoms with Crippen LogP contribution in [-0.2, 0) is 14.4 Å². The minimum Gasteiger partial charge on any atom is -0.312 e. The van der Waals surface area contributed by atoms with E-state index in [9.17, 15) is 14.4 Å². The lowest BCUT2D eigenvalue weighted by atomic mass is 10.4. The van der Waals surface area contributed by atoms with E-state index in [1.807, 2.05) is 0 Å². The largest absolute Gasteiger partial charge is 0.434 e. The van der Waals surface area contributed by atoms with E-state index in [0.717, 1.165) is 4.90 Å². The van der Waals surface area contributed by atoms with Crippen LogP contribution in [0.2, 0.25) is 0 Å². The summed E-state index contributed by atoms with van der Waals surface area (Å²) in [6.07, 6.45) is -0.511. The number of nitrogens with zero attached hydrogens (tertiary/aromatic N) is 2. The van der Waals surface area contributed by atoms with Crippen molar-refractivity contribution in [2.75, 3.05) is 14.1 Å². The Hall–Kier alpha value is -1.59. The van der Waals surface area contributed by atoms with Crippen molar-refractivity contribution in [3.63, 3.8) is 0 Å². The van der Waals surface area contributed by atoms with Gasteiger partial charge in [-0.05, 0) is 0 Å². The molecule has 1 aliphatic rings. The topological polar surface area (TPSA) is 66.9 Å². The van der Waals surface area contributed by atoms with E-state index in [4.69, 9.17) is 0 Å². The van der Waals surface area contributed by atoms with Crippen molar-refractivity contribution in [2.24, 2.45) is 0 Å². The maximum atomic E-state index is 11.0. The summed E-state index contributed by atoms with van der Waals surface area (Å²) < 4.78 is 0. The Morgan fingerprint density at radius 2 is 1.77 bits per heavy atom. The first-order valence-electron chi connectivity index (χ1n) is 3.77. The molecule has 0 aromatic rings. The number of rotatable bonds is 1. The first-order chi connectivity index (χ1) is 6.02. The summed E-state index contributed by atoms with van der Waals surface area (Å²) in [5.41, 5.74) is 0. The molecular weight excluding hydrogens is 176 g/mol. The van der Waals surface area contributed by atoms with Crippen molar-refractivity contribution in [3.05, 3.63) is 0 Å². The lowest BCUT2D eigenvalue weighted by molar-refractivity contribution is -0.173. The van der Waals surface area contributed by atoms with Gasteiger partial charge >= 0.3 is 6.09 Å². The summed E-state index contributed by atoms with van der Waals surface area (Å²) in [6.45, 7) is 0. The molecule has 0 aromatic heterocycles. The van der Waals surface area contributed by atoms with E-state index < -0.39 is 17.9 Å². The van der Waals surface area contributed by atoms with E-state index in [0.29, 0.717) is 5.06 Å². The van der Waals surface area contributed by atoms with Crippen LogP contribution in [-0.4, -0.2) is 42.0 Å². The molecule has 0 spiro atoms. The van der Waals surface area contributed by atoms with Gasteiger partial charge in [0.25, 0.3) is 11.8 Å². The quantitative estimate of drug-likeness (QED) is 0.529. The van der Waals surface area contributed by atoms with Crippen LogP contribution in [0.5, 0.6) is 0 Å². The Labute approximate surface area is 75.0 Å². The van der Waals surface area contributed by atoms with Crippen molar-refractivity contribution < 1.29 is 19.2 Å². The van der Waals surface area contributed by atoms with Gasteiger partial charge in [-0.25, -0.2) is 4.79 Å². The van der Waals surface area contributed by atoms with Gasteiger partial charge in [-0.3, -0.25) is 9.59 Å². The van der Waals surface area contributed by atoms with Gasteiger partial charge in [0.1, 0.15) is 0 Å². The number of imide groups is 1. The molecule has 6 heteroatoms. The van der Waals surface area contributed by atoms with Crippen LogP contribution >= 0.6 is 0 Å². The minimum atomic E-state index is -0.733. The minimum absolute atomic E-state index is 0.111. The summed E-state index contributed by atoms with van der Waals surface area (Å²) >= 11 is 0. The second-order valence-electron chi connectivity index (χ2n) is 2.83. The van der Waals surface area contributed by atoms with Crippen LogP contribution in [0.1, 0.15) is 12.8 Å². The average molecular weight is 186 g/mol. The number of hydroxylamine groups is 2. The Kier molecular flexibility index (Phi) is 2.50. The maximum absolute atomic E-state index is 11.0.